The number of carbonyl (C=O) groups is 1. The molecule has 0 heterocycles. The number of hydrogen-bond acceptors (Lipinski definition) is 2. The van der Waals surface area contributed by atoms with Crippen molar-refractivity contribution in [2.75, 3.05) is 18.4 Å². The molecule has 0 spiro atoms. The van der Waals surface area contributed by atoms with E-state index in [0.717, 1.165) is 4.90 Å². The molecule has 7 heteroatoms. The fourth-order valence-corrected chi connectivity index (χ4v) is 2.05. The van der Waals surface area contributed by atoms with Gasteiger partial charge >= 0.3 is 0 Å². The number of nitrogens with zero attached hydrogens (tertiary/aromatic N) is 1. The van der Waals surface area contributed by atoms with Crippen molar-refractivity contribution in [1.29, 1.82) is 0 Å². The first-order valence-electron chi connectivity index (χ1n) is 5.07. The van der Waals surface area contributed by atoms with Gasteiger partial charge in [-0.05, 0) is 34.1 Å². The van der Waals surface area contributed by atoms with Crippen molar-refractivity contribution >= 4 is 37.8 Å². The maximum absolute atomic E-state index is 12.4. The average molecular weight is 387 g/mol. The third-order valence-electron chi connectivity index (χ3n) is 2.19. The SMILES string of the molecule is O=C(c1ccc(Br)c(O)c1)N(CCBr)CC(F)F. The van der Waals surface area contributed by atoms with Gasteiger partial charge in [0.05, 0.1) is 11.0 Å². The monoisotopic (exact) mass is 385 g/mol. The van der Waals surface area contributed by atoms with E-state index in [1.54, 1.807) is 0 Å². The molecule has 0 saturated carbocycles. The van der Waals surface area contributed by atoms with Crippen LogP contribution in [0.4, 0.5) is 8.78 Å². The van der Waals surface area contributed by atoms with Gasteiger partial charge in [-0.3, -0.25) is 4.79 Å². The molecule has 0 saturated heterocycles. The molecule has 1 rings (SSSR count). The summed E-state index contributed by atoms with van der Waals surface area (Å²) in [5.74, 6) is -0.630. The highest BCUT2D eigenvalue weighted by Crippen LogP contribution is 2.25. The van der Waals surface area contributed by atoms with Crippen molar-refractivity contribution in [1.82, 2.24) is 4.90 Å². The van der Waals surface area contributed by atoms with Crippen molar-refractivity contribution in [2.24, 2.45) is 0 Å². The summed E-state index contributed by atoms with van der Waals surface area (Å²) in [6, 6.07) is 4.22. The topological polar surface area (TPSA) is 40.5 Å². The third kappa shape index (κ3) is 4.20. The molecular weight excluding hydrogens is 376 g/mol. The largest absolute Gasteiger partial charge is 0.507 e. The summed E-state index contributed by atoms with van der Waals surface area (Å²) >= 11 is 6.20. The molecule has 1 aromatic carbocycles. The van der Waals surface area contributed by atoms with E-state index in [2.05, 4.69) is 31.9 Å². The van der Waals surface area contributed by atoms with Crippen molar-refractivity contribution in [3.8, 4) is 5.75 Å². The van der Waals surface area contributed by atoms with Gasteiger partial charge in [-0.25, -0.2) is 8.78 Å². The first-order valence-corrected chi connectivity index (χ1v) is 6.99. The number of hydrogen-bond donors (Lipinski definition) is 1. The van der Waals surface area contributed by atoms with Crippen LogP contribution in [-0.2, 0) is 0 Å². The van der Waals surface area contributed by atoms with Crippen LogP contribution in [0.2, 0.25) is 0 Å². The van der Waals surface area contributed by atoms with Crippen LogP contribution in [0.1, 0.15) is 10.4 Å². The number of alkyl halides is 3. The molecule has 3 nitrogen and oxygen atoms in total. The zero-order valence-corrected chi connectivity index (χ0v) is 12.4. The molecule has 18 heavy (non-hydrogen) atoms. The number of halogens is 4. The van der Waals surface area contributed by atoms with Gasteiger partial charge in [-0.1, -0.05) is 15.9 Å². The van der Waals surface area contributed by atoms with Crippen molar-refractivity contribution in [3.63, 3.8) is 0 Å². The highest BCUT2D eigenvalue weighted by molar-refractivity contribution is 9.10. The maximum atomic E-state index is 12.4. The quantitative estimate of drug-likeness (QED) is 0.789. The van der Waals surface area contributed by atoms with E-state index >= 15 is 0 Å². The third-order valence-corrected chi connectivity index (χ3v) is 3.22. The normalized spacial score (nSPS) is 10.7. The Labute approximate surface area is 120 Å². The number of benzene rings is 1. The minimum atomic E-state index is -2.59. The van der Waals surface area contributed by atoms with Crippen LogP contribution in [0.15, 0.2) is 22.7 Å². The Bertz CT molecular complexity index is 430. The minimum absolute atomic E-state index is 0.100. The highest BCUT2D eigenvalue weighted by Gasteiger charge is 2.19. The summed E-state index contributed by atoms with van der Waals surface area (Å²) in [4.78, 5) is 13.0. The second-order valence-electron chi connectivity index (χ2n) is 3.50. The van der Waals surface area contributed by atoms with Gasteiger partial charge in [0.1, 0.15) is 5.75 Å². The Morgan fingerprint density at radius 1 is 1.44 bits per heavy atom. The first kappa shape index (κ1) is 15.4. The fourth-order valence-electron chi connectivity index (χ4n) is 1.37. The average Bonchev–Trinajstić information content (AvgIpc) is 2.31. The lowest BCUT2D eigenvalue weighted by Crippen LogP contribution is -2.36. The first-order chi connectivity index (χ1) is 8.45. The van der Waals surface area contributed by atoms with E-state index in [1.807, 2.05) is 0 Å². The standard InChI is InChI=1S/C11H11Br2F2NO2/c12-3-4-16(6-10(14)15)11(18)7-1-2-8(13)9(17)5-7/h1-2,5,10,17H,3-4,6H2. The lowest BCUT2D eigenvalue weighted by Gasteiger charge is -2.21. The van der Waals surface area contributed by atoms with Gasteiger partial charge in [-0.15, -0.1) is 0 Å². The molecular formula is C11H11Br2F2NO2. The summed E-state index contributed by atoms with van der Waals surface area (Å²) in [6.45, 7) is -0.443. The molecule has 0 aromatic heterocycles. The zero-order chi connectivity index (χ0) is 13.7. The van der Waals surface area contributed by atoms with E-state index in [0.29, 0.717) is 9.80 Å². The molecule has 1 aromatic rings. The molecule has 100 valence electrons. The summed E-state index contributed by atoms with van der Waals surface area (Å²) in [5, 5.41) is 9.88. The maximum Gasteiger partial charge on any atom is 0.255 e. The Hall–Kier alpha value is -0.690. The number of phenols is 1. The smallest absolute Gasteiger partial charge is 0.255 e. The summed E-state index contributed by atoms with van der Waals surface area (Å²) < 4.78 is 25.2. The van der Waals surface area contributed by atoms with Crippen molar-refractivity contribution in [2.45, 2.75) is 6.43 Å². The summed E-state index contributed by atoms with van der Waals surface area (Å²) in [6.07, 6.45) is -2.59. The fraction of sp³-hybridized carbons (Fsp3) is 0.364. The van der Waals surface area contributed by atoms with Gasteiger partial charge in [0.2, 0.25) is 0 Å². The number of carbonyl (C=O) groups excluding carboxylic acids is 1. The second kappa shape index (κ2) is 7.04. The molecule has 1 N–H and O–H groups in total. The van der Waals surface area contributed by atoms with Crippen molar-refractivity contribution < 1.29 is 18.7 Å². The van der Waals surface area contributed by atoms with E-state index in [9.17, 15) is 18.7 Å². The van der Waals surface area contributed by atoms with E-state index in [-0.39, 0.29) is 17.9 Å². The molecule has 0 radical (unpaired) electrons. The Morgan fingerprint density at radius 3 is 2.61 bits per heavy atom. The van der Waals surface area contributed by atoms with Crippen LogP contribution in [0.25, 0.3) is 0 Å². The Balaban J connectivity index is 2.90. The Kier molecular flexibility index (Phi) is 6.01. The van der Waals surface area contributed by atoms with Crippen molar-refractivity contribution in [3.05, 3.63) is 28.2 Å². The lowest BCUT2D eigenvalue weighted by molar-refractivity contribution is 0.0572. The number of rotatable bonds is 5. The van der Waals surface area contributed by atoms with Crippen LogP contribution < -0.4 is 0 Å². The van der Waals surface area contributed by atoms with Crippen LogP contribution in [-0.4, -0.2) is 40.8 Å². The zero-order valence-electron chi connectivity index (χ0n) is 9.25. The predicted molar refractivity (Wildman–Crippen MR) is 71.5 cm³/mol. The van der Waals surface area contributed by atoms with Gasteiger partial charge in [0.15, 0.2) is 0 Å². The minimum Gasteiger partial charge on any atom is -0.507 e. The molecule has 0 unspecified atom stereocenters. The molecule has 0 atom stereocenters. The van der Waals surface area contributed by atoms with E-state index in [1.165, 1.54) is 18.2 Å². The predicted octanol–water partition coefficient (Wildman–Crippen LogP) is 3.26. The van der Waals surface area contributed by atoms with Gasteiger partial charge in [0, 0.05) is 17.4 Å². The number of phenolic OH excluding ortho intramolecular Hbond substituents is 1. The summed E-state index contributed by atoms with van der Waals surface area (Å²) in [5.41, 5.74) is 0.178. The molecule has 1 amide bonds. The number of aromatic hydroxyl groups is 1. The van der Waals surface area contributed by atoms with E-state index < -0.39 is 18.9 Å². The van der Waals surface area contributed by atoms with Crippen LogP contribution >= 0.6 is 31.9 Å². The van der Waals surface area contributed by atoms with Gasteiger partial charge < -0.3 is 10.0 Å². The van der Waals surface area contributed by atoms with Crippen LogP contribution in [0, 0.1) is 0 Å². The van der Waals surface area contributed by atoms with E-state index in [4.69, 9.17) is 0 Å². The molecule has 0 aliphatic rings. The molecule has 0 fully saturated rings. The molecule has 0 aliphatic heterocycles. The number of amides is 1. The highest BCUT2D eigenvalue weighted by atomic mass is 79.9. The van der Waals surface area contributed by atoms with Crippen LogP contribution in [0.3, 0.4) is 0 Å². The summed E-state index contributed by atoms with van der Waals surface area (Å²) in [7, 11) is 0. The Morgan fingerprint density at radius 2 is 2.11 bits per heavy atom. The molecule has 0 aliphatic carbocycles. The molecule has 0 bridgehead atoms. The van der Waals surface area contributed by atoms with Gasteiger partial charge in [0.25, 0.3) is 12.3 Å². The second-order valence-corrected chi connectivity index (χ2v) is 5.14. The lowest BCUT2D eigenvalue weighted by atomic mass is 10.2. The van der Waals surface area contributed by atoms with Gasteiger partial charge in [-0.2, -0.15) is 0 Å². The van der Waals surface area contributed by atoms with Crippen LogP contribution in [0.5, 0.6) is 5.75 Å².